The van der Waals surface area contributed by atoms with Gasteiger partial charge in [0, 0.05) is 17.7 Å². The number of esters is 2. The van der Waals surface area contributed by atoms with Crippen molar-refractivity contribution in [2.45, 2.75) is 6.92 Å². The molecule has 28 heavy (non-hydrogen) atoms. The zero-order valence-electron chi connectivity index (χ0n) is 15.8. The van der Waals surface area contributed by atoms with Crippen molar-refractivity contribution >= 4 is 17.9 Å². The van der Waals surface area contributed by atoms with Crippen LogP contribution in [0, 0.1) is 0 Å². The average molecular weight is 394 g/mol. The number of carboxylic acid groups (broad SMARTS) is 1. The molecule has 0 aromatic heterocycles. The number of aliphatic carboxylic acids is 1. The minimum atomic E-state index is -0.981. The third-order valence-electron chi connectivity index (χ3n) is 2.35. The van der Waals surface area contributed by atoms with Crippen LogP contribution in [0.3, 0.4) is 0 Å². The van der Waals surface area contributed by atoms with Crippen LogP contribution >= 0.6 is 0 Å². The number of carbonyl (C=O) groups is 3. The molecule has 1 aromatic rings. The Morgan fingerprint density at radius 2 is 1.61 bits per heavy atom. The van der Waals surface area contributed by atoms with E-state index >= 15 is 0 Å². The van der Waals surface area contributed by atoms with Gasteiger partial charge in [-0.3, -0.25) is 0 Å². The van der Waals surface area contributed by atoms with E-state index in [1.54, 1.807) is 31.2 Å². The van der Waals surface area contributed by atoms with E-state index in [9.17, 15) is 14.4 Å². The lowest BCUT2D eigenvalue weighted by Gasteiger charge is -2.03. The van der Waals surface area contributed by atoms with Gasteiger partial charge in [-0.05, 0) is 19.1 Å². The first-order valence-electron chi connectivity index (χ1n) is 8.04. The van der Waals surface area contributed by atoms with Crippen molar-refractivity contribution in [2.75, 3.05) is 26.4 Å². The molecule has 0 bridgehead atoms. The summed E-state index contributed by atoms with van der Waals surface area (Å²) in [5.41, 5.74) is 0.372. The van der Waals surface area contributed by atoms with Gasteiger partial charge in [-0.1, -0.05) is 37.9 Å². The van der Waals surface area contributed by atoms with E-state index in [2.05, 4.69) is 19.7 Å². The molecule has 0 amide bonds. The van der Waals surface area contributed by atoms with Crippen LogP contribution in [0.4, 0.5) is 0 Å². The summed E-state index contributed by atoms with van der Waals surface area (Å²) in [4.78, 5) is 30.6. The van der Waals surface area contributed by atoms with Crippen LogP contribution in [0.25, 0.3) is 0 Å². The number of ether oxygens (including phenoxy) is 3. The molecular formula is C20H26O8. The van der Waals surface area contributed by atoms with Gasteiger partial charge in [0.25, 0.3) is 0 Å². The Morgan fingerprint density at radius 3 is 2.04 bits per heavy atom. The Balaban J connectivity index is 0. The number of carboxylic acids is 1. The molecule has 0 aliphatic rings. The molecule has 2 N–H and O–H groups in total. The second-order valence-electron chi connectivity index (χ2n) is 4.73. The maximum Gasteiger partial charge on any atom is 0.335 e. The molecule has 0 saturated heterocycles. The van der Waals surface area contributed by atoms with Gasteiger partial charge in [-0.2, -0.15) is 0 Å². The summed E-state index contributed by atoms with van der Waals surface area (Å²) in [6.07, 6.45) is 1.97. The summed E-state index contributed by atoms with van der Waals surface area (Å²) in [6.45, 7) is 12.0. The van der Waals surface area contributed by atoms with Crippen LogP contribution in [0.15, 0.2) is 67.8 Å². The van der Waals surface area contributed by atoms with Crippen LogP contribution in [-0.4, -0.2) is 54.5 Å². The van der Waals surface area contributed by atoms with Crippen molar-refractivity contribution in [3.05, 3.63) is 67.8 Å². The molecule has 1 aromatic carbocycles. The van der Waals surface area contributed by atoms with E-state index in [1.807, 2.05) is 6.07 Å². The molecule has 0 aliphatic heterocycles. The first kappa shape index (κ1) is 27.0. The zero-order chi connectivity index (χ0) is 21.8. The SMILES string of the molecule is C=C(C)C(=O)OCCOCCO.C=CC(=O)O.C=CC(=O)Oc1ccccc1. The maximum atomic E-state index is 10.7. The topological polar surface area (TPSA) is 119 Å². The van der Waals surface area contributed by atoms with Gasteiger partial charge in [-0.15, -0.1) is 0 Å². The van der Waals surface area contributed by atoms with Crippen molar-refractivity contribution in [1.82, 2.24) is 0 Å². The van der Waals surface area contributed by atoms with Crippen molar-refractivity contribution < 1.29 is 38.8 Å². The lowest BCUT2D eigenvalue weighted by molar-refractivity contribution is -0.140. The fraction of sp³-hybridized carbons (Fsp3) is 0.250. The fourth-order valence-corrected chi connectivity index (χ4v) is 1.13. The Bertz CT molecular complexity index is 622. The number of hydrogen-bond donors (Lipinski definition) is 2. The smallest absolute Gasteiger partial charge is 0.335 e. The summed E-state index contributed by atoms with van der Waals surface area (Å²) < 4.78 is 14.4. The van der Waals surface area contributed by atoms with E-state index in [0.29, 0.717) is 17.9 Å². The predicted octanol–water partition coefficient (Wildman–Crippen LogP) is 2.15. The highest BCUT2D eigenvalue weighted by molar-refractivity contribution is 5.86. The maximum absolute atomic E-state index is 10.7. The quantitative estimate of drug-likeness (QED) is 0.283. The third-order valence-corrected chi connectivity index (χ3v) is 2.35. The van der Waals surface area contributed by atoms with Gasteiger partial charge >= 0.3 is 17.9 Å². The number of hydrogen-bond acceptors (Lipinski definition) is 7. The molecule has 154 valence electrons. The van der Waals surface area contributed by atoms with Crippen LogP contribution in [0.5, 0.6) is 5.75 Å². The number of aliphatic hydroxyl groups is 1. The summed E-state index contributed by atoms with van der Waals surface area (Å²) >= 11 is 0. The normalized spacial score (nSPS) is 8.64. The summed E-state index contributed by atoms with van der Waals surface area (Å²) in [6, 6.07) is 8.87. The lowest BCUT2D eigenvalue weighted by atomic mass is 10.3. The molecule has 0 atom stereocenters. The van der Waals surface area contributed by atoms with Crippen LogP contribution in [0.1, 0.15) is 6.92 Å². The summed E-state index contributed by atoms with van der Waals surface area (Å²) in [5, 5.41) is 15.9. The Labute approximate surface area is 164 Å². The van der Waals surface area contributed by atoms with Gasteiger partial charge in [0.1, 0.15) is 12.4 Å². The standard InChI is InChI=1S/C9H8O2.C8H14O4.C3H4O2/c1-2-9(10)11-8-6-4-3-5-7-8;1-7(2)8(10)12-6-5-11-4-3-9;1-2-3(4)5/h2-7H,1H2;9H,1,3-6H2,2H3;2H,1H2,(H,4,5). The van der Waals surface area contributed by atoms with Gasteiger partial charge < -0.3 is 24.4 Å². The molecule has 8 nitrogen and oxygen atoms in total. The van der Waals surface area contributed by atoms with Crippen LogP contribution in [-0.2, 0) is 23.9 Å². The van der Waals surface area contributed by atoms with E-state index in [1.165, 1.54) is 0 Å². The first-order valence-corrected chi connectivity index (χ1v) is 8.04. The van der Waals surface area contributed by atoms with E-state index in [4.69, 9.17) is 24.4 Å². The highest BCUT2D eigenvalue weighted by Crippen LogP contribution is 2.07. The number of carbonyl (C=O) groups excluding carboxylic acids is 2. The molecule has 0 heterocycles. The van der Waals surface area contributed by atoms with Crippen molar-refractivity contribution in [2.24, 2.45) is 0 Å². The Hall–Kier alpha value is -3.23. The van der Waals surface area contributed by atoms with Crippen molar-refractivity contribution in [3.8, 4) is 5.75 Å². The fourth-order valence-electron chi connectivity index (χ4n) is 1.13. The van der Waals surface area contributed by atoms with Gasteiger partial charge in [0.15, 0.2) is 0 Å². The van der Waals surface area contributed by atoms with E-state index in [-0.39, 0.29) is 19.8 Å². The minimum Gasteiger partial charge on any atom is -0.478 e. The lowest BCUT2D eigenvalue weighted by Crippen LogP contribution is -2.12. The summed E-state index contributed by atoms with van der Waals surface area (Å²) in [7, 11) is 0. The molecule has 8 heteroatoms. The third kappa shape index (κ3) is 19.1. The second-order valence-corrected chi connectivity index (χ2v) is 4.73. The monoisotopic (exact) mass is 394 g/mol. The number of rotatable bonds is 9. The highest BCUT2D eigenvalue weighted by atomic mass is 16.6. The number of benzene rings is 1. The molecule has 1 rings (SSSR count). The molecule has 0 aliphatic carbocycles. The molecule has 0 saturated carbocycles. The second kappa shape index (κ2) is 18.6. The van der Waals surface area contributed by atoms with E-state index in [0.717, 1.165) is 12.2 Å². The highest BCUT2D eigenvalue weighted by Gasteiger charge is 2.01. The van der Waals surface area contributed by atoms with Crippen molar-refractivity contribution in [3.63, 3.8) is 0 Å². The molecule has 0 unspecified atom stereocenters. The first-order chi connectivity index (χ1) is 13.3. The van der Waals surface area contributed by atoms with Crippen molar-refractivity contribution in [1.29, 1.82) is 0 Å². The molecule has 0 fully saturated rings. The number of para-hydroxylation sites is 1. The number of aliphatic hydroxyl groups excluding tert-OH is 1. The van der Waals surface area contributed by atoms with Gasteiger partial charge in [0.05, 0.1) is 19.8 Å². The summed E-state index contributed by atoms with van der Waals surface area (Å²) in [5.74, 6) is -1.29. The Kier molecular flexibility index (Phi) is 17.9. The zero-order valence-corrected chi connectivity index (χ0v) is 15.8. The largest absolute Gasteiger partial charge is 0.478 e. The molecule has 0 radical (unpaired) electrons. The Morgan fingerprint density at radius 1 is 1.04 bits per heavy atom. The van der Waals surface area contributed by atoms with Crippen LogP contribution < -0.4 is 4.74 Å². The van der Waals surface area contributed by atoms with E-state index < -0.39 is 17.9 Å². The average Bonchev–Trinajstić information content (AvgIpc) is 2.69. The van der Waals surface area contributed by atoms with Gasteiger partial charge in [0.2, 0.25) is 0 Å². The molecule has 0 spiro atoms. The van der Waals surface area contributed by atoms with Gasteiger partial charge in [-0.25, -0.2) is 14.4 Å². The minimum absolute atomic E-state index is 0.0194. The molecular weight excluding hydrogens is 368 g/mol. The predicted molar refractivity (Wildman–Crippen MR) is 104 cm³/mol. The van der Waals surface area contributed by atoms with Crippen LogP contribution in [0.2, 0.25) is 0 Å².